The molecule has 0 aromatic rings. The first-order chi connectivity index (χ1) is 8.21. The molecule has 0 aliphatic rings. The number of carboxylic acids is 1. The van der Waals surface area contributed by atoms with Crippen molar-refractivity contribution in [1.82, 2.24) is 9.80 Å². The van der Waals surface area contributed by atoms with Crippen LogP contribution in [-0.4, -0.2) is 63.8 Å². The Morgan fingerprint density at radius 3 is 2.22 bits per heavy atom. The van der Waals surface area contributed by atoms with Gasteiger partial charge in [0, 0.05) is 13.1 Å². The summed E-state index contributed by atoms with van der Waals surface area (Å²) in [4.78, 5) is 25.4. The first-order valence-corrected chi connectivity index (χ1v) is 5.80. The van der Waals surface area contributed by atoms with E-state index >= 15 is 0 Å². The van der Waals surface area contributed by atoms with Crippen molar-refractivity contribution in [1.29, 1.82) is 0 Å². The van der Waals surface area contributed by atoms with Gasteiger partial charge in [-0.25, -0.2) is 4.79 Å². The molecular formula is C12H22N2O4. The smallest absolute Gasteiger partial charge is 0.323 e. The molecule has 0 aliphatic heterocycles. The van der Waals surface area contributed by atoms with Gasteiger partial charge in [0.1, 0.15) is 6.54 Å². The summed E-state index contributed by atoms with van der Waals surface area (Å²) in [5, 5.41) is 18.5. The minimum absolute atomic E-state index is 0.148. The highest BCUT2D eigenvalue weighted by Crippen LogP contribution is 2.08. The van der Waals surface area contributed by atoms with Gasteiger partial charge in [-0.05, 0) is 20.8 Å². The van der Waals surface area contributed by atoms with Crippen LogP contribution in [0.15, 0.2) is 12.7 Å². The van der Waals surface area contributed by atoms with Gasteiger partial charge in [-0.15, -0.1) is 6.58 Å². The number of rotatable bonds is 7. The lowest BCUT2D eigenvalue weighted by atomic mass is 10.1. The van der Waals surface area contributed by atoms with Gasteiger partial charge < -0.3 is 20.0 Å². The van der Waals surface area contributed by atoms with Crippen LogP contribution in [0.25, 0.3) is 0 Å². The van der Waals surface area contributed by atoms with Crippen LogP contribution in [0, 0.1) is 0 Å². The van der Waals surface area contributed by atoms with Crippen LogP contribution >= 0.6 is 0 Å². The minimum atomic E-state index is -1.08. The van der Waals surface area contributed by atoms with Gasteiger partial charge in [-0.3, -0.25) is 4.79 Å². The topological polar surface area (TPSA) is 81.1 Å². The summed E-state index contributed by atoms with van der Waals surface area (Å²) in [6.07, 6.45) is 1.47. The number of carbonyl (C=O) groups is 2. The van der Waals surface area contributed by atoms with Gasteiger partial charge in [-0.1, -0.05) is 6.08 Å². The molecule has 0 spiro atoms. The number of urea groups is 1. The molecule has 0 aliphatic carbocycles. The highest BCUT2D eigenvalue weighted by atomic mass is 16.4. The van der Waals surface area contributed by atoms with E-state index in [1.165, 1.54) is 15.9 Å². The van der Waals surface area contributed by atoms with Crippen LogP contribution < -0.4 is 0 Å². The second kappa shape index (κ2) is 7.00. The van der Waals surface area contributed by atoms with Gasteiger partial charge in [0.15, 0.2) is 0 Å². The van der Waals surface area contributed by atoms with Crippen LogP contribution in [0.3, 0.4) is 0 Å². The highest BCUT2D eigenvalue weighted by molar-refractivity contribution is 5.80. The maximum Gasteiger partial charge on any atom is 0.323 e. The van der Waals surface area contributed by atoms with Crippen molar-refractivity contribution >= 4 is 12.0 Å². The minimum Gasteiger partial charge on any atom is -0.480 e. The van der Waals surface area contributed by atoms with Crippen molar-refractivity contribution in [2.24, 2.45) is 0 Å². The third kappa shape index (κ3) is 6.24. The van der Waals surface area contributed by atoms with E-state index in [9.17, 15) is 14.7 Å². The van der Waals surface area contributed by atoms with Crippen molar-refractivity contribution in [3.63, 3.8) is 0 Å². The number of carboxylic acid groups (broad SMARTS) is 1. The van der Waals surface area contributed by atoms with E-state index in [1.807, 2.05) is 0 Å². The standard InChI is InChI=1S/C12H22N2O4/c1-5-7-14(8-10(15)16)11(17)13(6-2)9-12(3,4)18/h5,18H,1,6-9H2,2-4H3,(H,15,16). The van der Waals surface area contributed by atoms with Gasteiger partial charge in [0.05, 0.1) is 12.1 Å². The third-order valence-corrected chi connectivity index (χ3v) is 2.18. The second-order valence-corrected chi connectivity index (χ2v) is 4.67. The molecule has 0 rings (SSSR count). The van der Waals surface area contributed by atoms with Crippen molar-refractivity contribution in [3.05, 3.63) is 12.7 Å². The van der Waals surface area contributed by atoms with Crippen LogP contribution in [0.5, 0.6) is 0 Å². The Hall–Kier alpha value is -1.56. The number of amides is 2. The summed E-state index contributed by atoms with van der Waals surface area (Å²) >= 11 is 0. The molecule has 6 nitrogen and oxygen atoms in total. The maximum absolute atomic E-state index is 12.1. The molecule has 0 saturated heterocycles. The number of carbonyl (C=O) groups excluding carboxylic acids is 1. The van der Waals surface area contributed by atoms with Gasteiger partial charge in [-0.2, -0.15) is 0 Å². The van der Waals surface area contributed by atoms with Crippen LogP contribution in [0.4, 0.5) is 4.79 Å². The Kier molecular flexibility index (Phi) is 6.40. The monoisotopic (exact) mass is 258 g/mol. The average molecular weight is 258 g/mol. The summed E-state index contributed by atoms with van der Waals surface area (Å²) in [7, 11) is 0. The summed E-state index contributed by atoms with van der Waals surface area (Å²) in [5.74, 6) is -1.08. The molecule has 2 N–H and O–H groups in total. The molecule has 0 aromatic heterocycles. The number of nitrogens with zero attached hydrogens (tertiary/aromatic N) is 2. The Labute approximate surface area is 107 Å². The van der Waals surface area contributed by atoms with Crippen LogP contribution in [-0.2, 0) is 4.79 Å². The van der Waals surface area contributed by atoms with Crippen molar-refractivity contribution in [2.75, 3.05) is 26.2 Å². The summed E-state index contributed by atoms with van der Waals surface area (Å²) < 4.78 is 0. The van der Waals surface area contributed by atoms with Crippen molar-refractivity contribution in [3.8, 4) is 0 Å². The predicted octanol–water partition coefficient (Wildman–Crippen LogP) is 0.772. The first kappa shape index (κ1) is 16.4. The Bertz CT molecular complexity index is 310. The summed E-state index contributed by atoms with van der Waals surface area (Å²) in [6.45, 7) is 8.79. The van der Waals surface area contributed by atoms with Crippen LogP contribution in [0.2, 0.25) is 0 Å². The third-order valence-electron chi connectivity index (χ3n) is 2.18. The molecule has 6 heteroatoms. The zero-order chi connectivity index (χ0) is 14.3. The van der Waals surface area contributed by atoms with Gasteiger partial charge in [0.2, 0.25) is 0 Å². The molecule has 2 amide bonds. The SMILES string of the molecule is C=CCN(CC(=O)O)C(=O)N(CC)CC(C)(C)O. The molecule has 18 heavy (non-hydrogen) atoms. The fourth-order valence-corrected chi connectivity index (χ4v) is 1.51. The molecule has 0 bridgehead atoms. The van der Waals surface area contributed by atoms with E-state index in [0.29, 0.717) is 6.54 Å². The lowest BCUT2D eigenvalue weighted by Crippen LogP contribution is -2.49. The van der Waals surface area contributed by atoms with Crippen LogP contribution in [0.1, 0.15) is 20.8 Å². The molecular weight excluding hydrogens is 236 g/mol. The van der Waals surface area contributed by atoms with Gasteiger partial charge >= 0.3 is 12.0 Å². The molecule has 0 atom stereocenters. The quantitative estimate of drug-likeness (QED) is 0.661. The Morgan fingerprint density at radius 2 is 1.89 bits per heavy atom. The number of hydrogen-bond donors (Lipinski definition) is 2. The molecule has 0 fully saturated rings. The van der Waals surface area contributed by atoms with E-state index in [4.69, 9.17) is 5.11 Å². The van der Waals surface area contributed by atoms with Gasteiger partial charge in [0.25, 0.3) is 0 Å². The van der Waals surface area contributed by atoms with E-state index in [1.54, 1.807) is 20.8 Å². The Morgan fingerprint density at radius 1 is 1.33 bits per heavy atom. The summed E-state index contributed by atoms with van der Waals surface area (Å²) in [5.41, 5.74) is -1.02. The second-order valence-electron chi connectivity index (χ2n) is 4.67. The van der Waals surface area contributed by atoms with E-state index in [2.05, 4.69) is 6.58 Å². The number of likely N-dealkylation sites (N-methyl/N-ethyl adjacent to an activating group) is 1. The predicted molar refractivity (Wildman–Crippen MR) is 68.3 cm³/mol. The molecule has 0 saturated carbocycles. The molecule has 104 valence electrons. The molecule has 0 aromatic carbocycles. The maximum atomic E-state index is 12.1. The Balaban J connectivity index is 4.79. The highest BCUT2D eigenvalue weighted by Gasteiger charge is 2.25. The number of hydrogen-bond acceptors (Lipinski definition) is 3. The fourth-order valence-electron chi connectivity index (χ4n) is 1.51. The first-order valence-electron chi connectivity index (χ1n) is 5.80. The molecule has 0 radical (unpaired) electrons. The zero-order valence-corrected chi connectivity index (χ0v) is 11.2. The molecule has 0 unspecified atom stereocenters. The number of aliphatic carboxylic acids is 1. The van der Waals surface area contributed by atoms with E-state index in [-0.39, 0.29) is 19.6 Å². The number of aliphatic hydroxyl groups is 1. The normalized spacial score (nSPS) is 10.9. The van der Waals surface area contributed by atoms with E-state index < -0.39 is 17.6 Å². The van der Waals surface area contributed by atoms with Crippen molar-refractivity contribution < 1.29 is 19.8 Å². The lowest BCUT2D eigenvalue weighted by Gasteiger charge is -2.32. The average Bonchev–Trinajstić information content (AvgIpc) is 2.22. The molecule has 0 heterocycles. The van der Waals surface area contributed by atoms with E-state index in [0.717, 1.165) is 0 Å². The lowest BCUT2D eigenvalue weighted by molar-refractivity contribution is -0.137. The summed E-state index contributed by atoms with van der Waals surface area (Å²) in [6, 6.07) is -0.415. The zero-order valence-electron chi connectivity index (χ0n) is 11.2. The van der Waals surface area contributed by atoms with Crippen molar-refractivity contribution in [2.45, 2.75) is 26.4 Å². The fraction of sp³-hybridized carbons (Fsp3) is 0.667. The largest absolute Gasteiger partial charge is 0.480 e.